The summed E-state index contributed by atoms with van der Waals surface area (Å²) in [6, 6.07) is 23.6. The normalized spacial score (nSPS) is 12.6. The third-order valence-corrected chi connectivity index (χ3v) is 5.48. The minimum absolute atomic E-state index is 0.0330. The fourth-order valence-corrected chi connectivity index (χ4v) is 3.68. The number of rotatable bonds is 9. The van der Waals surface area contributed by atoms with E-state index < -0.39 is 11.8 Å². The molecule has 0 radical (unpaired) electrons. The summed E-state index contributed by atoms with van der Waals surface area (Å²) in [6.45, 7) is 2.55. The fourth-order valence-electron chi connectivity index (χ4n) is 3.68. The summed E-state index contributed by atoms with van der Waals surface area (Å²) in [6.07, 6.45) is 1.62. The zero-order valence-electron chi connectivity index (χ0n) is 18.0. The van der Waals surface area contributed by atoms with E-state index in [0.717, 1.165) is 29.5 Å². The van der Waals surface area contributed by atoms with Crippen LogP contribution in [-0.4, -0.2) is 28.7 Å². The van der Waals surface area contributed by atoms with E-state index in [1.54, 1.807) is 23.7 Å². The highest BCUT2D eigenvalue weighted by Crippen LogP contribution is 2.26. The number of hydrogen-bond acceptors (Lipinski definition) is 4. The van der Waals surface area contributed by atoms with Gasteiger partial charge in [0.05, 0.1) is 11.5 Å². The smallest absolute Gasteiger partial charge is 0.255 e. The summed E-state index contributed by atoms with van der Waals surface area (Å²) < 4.78 is 0. The number of hydrogen-bond donors (Lipinski definition) is 4. The van der Waals surface area contributed by atoms with Crippen molar-refractivity contribution in [2.45, 2.75) is 25.7 Å². The van der Waals surface area contributed by atoms with E-state index in [4.69, 9.17) is 0 Å². The van der Waals surface area contributed by atoms with Gasteiger partial charge in [0, 0.05) is 6.54 Å². The van der Waals surface area contributed by atoms with E-state index >= 15 is 0 Å². The number of nitrogens with one attached hydrogen (secondary N) is 2. The standard InChI is InChI=1S/C26H28N2O4/c1-18(17-27-25(30)22-12-5-6-13-23(22)29)14-15-19-8-7-11-21(16-19)24(26(31)28-32)20-9-3-2-4-10-20/h2-13,16,18,24,29,32H,14-15,17H2,1H3,(H,27,30)(H,28,31). The lowest BCUT2D eigenvalue weighted by molar-refractivity contribution is -0.129. The van der Waals surface area contributed by atoms with Crippen molar-refractivity contribution in [1.82, 2.24) is 10.8 Å². The lowest BCUT2D eigenvalue weighted by Gasteiger charge is -2.17. The Kier molecular flexibility index (Phi) is 8.00. The van der Waals surface area contributed by atoms with Crippen LogP contribution in [0.3, 0.4) is 0 Å². The Labute approximate surface area is 187 Å². The topological polar surface area (TPSA) is 98.7 Å². The van der Waals surface area contributed by atoms with Crippen LogP contribution in [0.1, 0.15) is 46.3 Å². The van der Waals surface area contributed by atoms with Gasteiger partial charge in [-0.25, -0.2) is 5.48 Å². The first-order valence-corrected chi connectivity index (χ1v) is 10.6. The van der Waals surface area contributed by atoms with Gasteiger partial charge in [-0.1, -0.05) is 73.7 Å². The summed E-state index contributed by atoms with van der Waals surface area (Å²) >= 11 is 0. The Morgan fingerprint density at radius 2 is 1.59 bits per heavy atom. The lowest BCUT2D eigenvalue weighted by atomic mass is 9.89. The second kappa shape index (κ2) is 11.1. The van der Waals surface area contributed by atoms with Gasteiger partial charge in [0.15, 0.2) is 0 Å². The van der Waals surface area contributed by atoms with Crippen molar-refractivity contribution in [3.8, 4) is 5.75 Å². The molecule has 0 aliphatic carbocycles. The molecule has 0 spiro atoms. The summed E-state index contributed by atoms with van der Waals surface area (Å²) in [4.78, 5) is 24.6. The number of aromatic hydroxyl groups is 1. The Bertz CT molecular complexity index is 1050. The molecule has 3 rings (SSSR count). The minimum Gasteiger partial charge on any atom is -0.507 e. The maximum Gasteiger partial charge on any atom is 0.255 e. The first-order chi connectivity index (χ1) is 15.5. The van der Waals surface area contributed by atoms with Gasteiger partial charge in [-0.15, -0.1) is 0 Å². The molecular weight excluding hydrogens is 404 g/mol. The molecule has 6 nitrogen and oxygen atoms in total. The van der Waals surface area contributed by atoms with E-state index in [1.165, 1.54) is 6.07 Å². The SMILES string of the molecule is CC(CCc1cccc(C(C(=O)NO)c2ccccc2)c1)CNC(=O)c1ccccc1O. The highest BCUT2D eigenvalue weighted by molar-refractivity contribution is 5.96. The molecule has 0 aliphatic heterocycles. The number of para-hydroxylation sites is 1. The quantitative estimate of drug-likeness (QED) is 0.303. The van der Waals surface area contributed by atoms with Crippen molar-refractivity contribution in [1.29, 1.82) is 0 Å². The van der Waals surface area contributed by atoms with Gasteiger partial charge in [-0.2, -0.15) is 0 Å². The van der Waals surface area contributed by atoms with Crippen LogP contribution in [0.15, 0.2) is 78.9 Å². The number of aryl methyl sites for hydroxylation is 1. The third kappa shape index (κ3) is 5.95. The number of amides is 2. The van der Waals surface area contributed by atoms with Crippen molar-refractivity contribution in [3.63, 3.8) is 0 Å². The van der Waals surface area contributed by atoms with Crippen LogP contribution in [0.25, 0.3) is 0 Å². The molecule has 0 bridgehead atoms. The molecular formula is C26H28N2O4. The Balaban J connectivity index is 1.61. The molecule has 166 valence electrons. The van der Waals surface area contributed by atoms with E-state index in [2.05, 4.69) is 12.2 Å². The maximum atomic E-state index is 12.4. The molecule has 2 unspecified atom stereocenters. The van der Waals surface area contributed by atoms with Crippen molar-refractivity contribution in [2.75, 3.05) is 6.54 Å². The van der Waals surface area contributed by atoms with Crippen LogP contribution in [0.2, 0.25) is 0 Å². The van der Waals surface area contributed by atoms with Crippen LogP contribution >= 0.6 is 0 Å². The molecule has 0 fully saturated rings. The zero-order chi connectivity index (χ0) is 22.9. The number of carbonyl (C=O) groups excluding carboxylic acids is 2. The first kappa shape index (κ1) is 23.0. The van der Waals surface area contributed by atoms with Gasteiger partial charge >= 0.3 is 0 Å². The van der Waals surface area contributed by atoms with Crippen LogP contribution in [0.4, 0.5) is 0 Å². The second-order valence-electron chi connectivity index (χ2n) is 7.94. The highest BCUT2D eigenvalue weighted by atomic mass is 16.5. The van der Waals surface area contributed by atoms with Crippen molar-refractivity contribution >= 4 is 11.8 Å². The third-order valence-electron chi connectivity index (χ3n) is 5.48. The van der Waals surface area contributed by atoms with E-state index in [0.29, 0.717) is 6.54 Å². The van der Waals surface area contributed by atoms with Crippen molar-refractivity contribution in [2.24, 2.45) is 5.92 Å². The predicted molar refractivity (Wildman–Crippen MR) is 123 cm³/mol. The predicted octanol–water partition coefficient (Wildman–Crippen LogP) is 4.03. The molecule has 3 aromatic rings. The number of carbonyl (C=O) groups is 2. The van der Waals surface area contributed by atoms with Crippen LogP contribution in [0.5, 0.6) is 5.75 Å². The number of benzene rings is 3. The molecule has 3 aromatic carbocycles. The Morgan fingerprint density at radius 3 is 2.31 bits per heavy atom. The largest absolute Gasteiger partial charge is 0.507 e. The van der Waals surface area contributed by atoms with Crippen LogP contribution in [0, 0.1) is 5.92 Å². The van der Waals surface area contributed by atoms with Gasteiger partial charge in [0.1, 0.15) is 5.75 Å². The zero-order valence-corrected chi connectivity index (χ0v) is 18.0. The van der Waals surface area contributed by atoms with Crippen molar-refractivity contribution < 1.29 is 19.9 Å². The van der Waals surface area contributed by atoms with Crippen LogP contribution in [-0.2, 0) is 11.2 Å². The van der Waals surface area contributed by atoms with Crippen molar-refractivity contribution in [3.05, 3.63) is 101 Å². The van der Waals surface area contributed by atoms with E-state index in [1.807, 2.05) is 54.6 Å². The van der Waals surface area contributed by atoms with E-state index in [-0.39, 0.29) is 23.1 Å². The Morgan fingerprint density at radius 1 is 0.906 bits per heavy atom. The molecule has 0 saturated carbocycles. The lowest BCUT2D eigenvalue weighted by Crippen LogP contribution is -2.28. The molecule has 2 amide bonds. The highest BCUT2D eigenvalue weighted by Gasteiger charge is 2.22. The molecule has 0 saturated heterocycles. The monoisotopic (exact) mass is 432 g/mol. The summed E-state index contributed by atoms with van der Waals surface area (Å²) in [5, 5.41) is 21.9. The average Bonchev–Trinajstić information content (AvgIpc) is 2.82. The average molecular weight is 433 g/mol. The van der Waals surface area contributed by atoms with Gasteiger partial charge in [-0.05, 0) is 47.6 Å². The number of hydroxylamine groups is 1. The van der Waals surface area contributed by atoms with Crippen LogP contribution < -0.4 is 10.8 Å². The van der Waals surface area contributed by atoms with Gasteiger partial charge in [0.2, 0.25) is 0 Å². The Hall–Kier alpha value is -3.64. The molecule has 0 aromatic heterocycles. The van der Waals surface area contributed by atoms with E-state index in [9.17, 15) is 19.9 Å². The fraction of sp³-hybridized carbons (Fsp3) is 0.231. The summed E-state index contributed by atoms with van der Waals surface area (Å²) in [5.74, 6) is -1.18. The number of phenols is 1. The molecule has 2 atom stereocenters. The second-order valence-corrected chi connectivity index (χ2v) is 7.94. The first-order valence-electron chi connectivity index (χ1n) is 10.6. The minimum atomic E-state index is -0.601. The van der Waals surface area contributed by atoms with Gasteiger partial charge in [0.25, 0.3) is 11.8 Å². The molecule has 32 heavy (non-hydrogen) atoms. The molecule has 4 N–H and O–H groups in total. The summed E-state index contributed by atoms with van der Waals surface area (Å²) in [5.41, 5.74) is 4.73. The molecule has 6 heteroatoms. The van der Waals surface area contributed by atoms with Gasteiger partial charge in [-0.3, -0.25) is 14.8 Å². The van der Waals surface area contributed by atoms with Gasteiger partial charge < -0.3 is 10.4 Å². The maximum absolute atomic E-state index is 12.4. The molecule has 0 aliphatic rings. The molecule has 0 heterocycles. The number of phenolic OH excluding ortho intramolecular Hbond substituents is 1. The summed E-state index contributed by atoms with van der Waals surface area (Å²) in [7, 11) is 0.